The Balaban J connectivity index is 2.30. The van der Waals surface area contributed by atoms with Gasteiger partial charge in [0.15, 0.2) is 5.78 Å². The third-order valence-corrected chi connectivity index (χ3v) is 3.18. The Hall–Kier alpha value is -2.10. The van der Waals surface area contributed by atoms with Gasteiger partial charge in [0.2, 0.25) is 0 Å². The second-order valence-electron chi connectivity index (χ2n) is 4.59. The fraction of sp³-hybridized carbons (Fsp3) is 0.333. The summed E-state index contributed by atoms with van der Waals surface area (Å²) in [7, 11) is 1.91. The first-order valence-electron chi connectivity index (χ1n) is 6.45. The summed E-state index contributed by atoms with van der Waals surface area (Å²) in [6.45, 7) is 3.09. The van der Waals surface area contributed by atoms with Crippen LogP contribution < -0.4 is 0 Å². The van der Waals surface area contributed by atoms with Gasteiger partial charge in [-0.25, -0.2) is 0 Å². The van der Waals surface area contributed by atoms with Crippen LogP contribution in [0.15, 0.2) is 42.2 Å². The van der Waals surface area contributed by atoms with Crippen molar-refractivity contribution in [2.75, 3.05) is 20.1 Å². The van der Waals surface area contributed by atoms with Crippen LogP contribution in [0.25, 0.3) is 0 Å². The molecule has 1 aliphatic heterocycles. The highest BCUT2D eigenvalue weighted by molar-refractivity contribution is 6.03. The number of likely N-dealkylation sites (N-methyl/N-ethyl adjacent to an activating group) is 1. The van der Waals surface area contributed by atoms with Gasteiger partial charge in [0.05, 0.1) is 0 Å². The molecule has 0 bridgehead atoms. The van der Waals surface area contributed by atoms with E-state index in [-0.39, 0.29) is 11.7 Å². The summed E-state index contributed by atoms with van der Waals surface area (Å²) in [4.78, 5) is 27.9. The van der Waals surface area contributed by atoms with Gasteiger partial charge < -0.3 is 9.80 Å². The molecule has 1 aromatic rings. The van der Waals surface area contributed by atoms with Crippen molar-refractivity contribution in [3.63, 3.8) is 0 Å². The largest absolute Gasteiger partial charge is 0.377 e. The topological polar surface area (TPSA) is 40.6 Å². The van der Waals surface area contributed by atoms with Crippen molar-refractivity contribution in [3.8, 4) is 0 Å². The van der Waals surface area contributed by atoms with Gasteiger partial charge in [0, 0.05) is 38.3 Å². The molecular formula is C15H18N2O2. The van der Waals surface area contributed by atoms with E-state index in [1.54, 1.807) is 23.2 Å². The van der Waals surface area contributed by atoms with E-state index < -0.39 is 0 Å². The highest BCUT2D eigenvalue weighted by Crippen LogP contribution is 2.17. The lowest BCUT2D eigenvalue weighted by Gasteiger charge is -2.32. The zero-order chi connectivity index (χ0) is 13.8. The van der Waals surface area contributed by atoms with Crippen LogP contribution in [-0.2, 0) is 4.79 Å². The van der Waals surface area contributed by atoms with Gasteiger partial charge in [0.1, 0.15) is 5.70 Å². The van der Waals surface area contributed by atoms with Crippen LogP contribution in [0.5, 0.6) is 0 Å². The van der Waals surface area contributed by atoms with Crippen molar-refractivity contribution in [2.45, 2.75) is 13.3 Å². The van der Waals surface area contributed by atoms with Crippen molar-refractivity contribution in [1.82, 2.24) is 9.80 Å². The summed E-state index contributed by atoms with van der Waals surface area (Å²) in [5.41, 5.74) is 1.10. The maximum absolute atomic E-state index is 12.5. The number of hydrogen-bond donors (Lipinski definition) is 0. The van der Waals surface area contributed by atoms with Crippen LogP contribution in [-0.4, -0.2) is 41.6 Å². The van der Waals surface area contributed by atoms with Crippen molar-refractivity contribution in [3.05, 3.63) is 47.8 Å². The molecule has 100 valence electrons. The van der Waals surface area contributed by atoms with Crippen molar-refractivity contribution < 1.29 is 9.59 Å². The van der Waals surface area contributed by atoms with Gasteiger partial charge in [-0.15, -0.1) is 0 Å². The minimum Gasteiger partial charge on any atom is -0.377 e. The SMILES string of the molecule is CCC(=O)C1=CN(C)CCN1C(=O)c1ccccc1. The fourth-order valence-electron chi connectivity index (χ4n) is 2.07. The quantitative estimate of drug-likeness (QED) is 0.831. The molecule has 1 amide bonds. The van der Waals surface area contributed by atoms with Crippen LogP contribution >= 0.6 is 0 Å². The number of nitrogens with zero attached hydrogens (tertiary/aromatic N) is 2. The predicted molar refractivity (Wildman–Crippen MR) is 73.5 cm³/mol. The molecular weight excluding hydrogens is 240 g/mol. The number of carbonyl (C=O) groups is 2. The van der Waals surface area contributed by atoms with Crippen molar-refractivity contribution >= 4 is 11.7 Å². The molecule has 0 aliphatic carbocycles. The molecule has 4 heteroatoms. The Kier molecular flexibility index (Phi) is 4.00. The zero-order valence-corrected chi connectivity index (χ0v) is 11.3. The monoisotopic (exact) mass is 258 g/mol. The van der Waals surface area contributed by atoms with Crippen LogP contribution in [0.3, 0.4) is 0 Å². The average Bonchev–Trinajstić information content (AvgIpc) is 2.46. The van der Waals surface area contributed by atoms with E-state index in [1.165, 1.54) is 0 Å². The number of ketones is 1. The molecule has 1 aliphatic rings. The van der Waals surface area contributed by atoms with E-state index >= 15 is 0 Å². The minimum atomic E-state index is -0.109. The number of carbonyl (C=O) groups excluding carboxylic acids is 2. The minimum absolute atomic E-state index is 0.00386. The van der Waals surface area contributed by atoms with E-state index in [2.05, 4.69) is 0 Å². The molecule has 19 heavy (non-hydrogen) atoms. The molecule has 4 nitrogen and oxygen atoms in total. The Morgan fingerprint density at radius 2 is 1.84 bits per heavy atom. The highest BCUT2D eigenvalue weighted by atomic mass is 16.2. The third kappa shape index (κ3) is 2.84. The van der Waals surface area contributed by atoms with Gasteiger partial charge in [0.25, 0.3) is 5.91 Å². The Bertz CT molecular complexity index is 508. The summed E-state index contributed by atoms with van der Waals surface area (Å²) < 4.78 is 0. The Morgan fingerprint density at radius 1 is 1.16 bits per heavy atom. The normalized spacial score (nSPS) is 15.2. The first-order chi connectivity index (χ1) is 9.13. The lowest BCUT2D eigenvalue weighted by molar-refractivity contribution is -0.116. The molecule has 1 heterocycles. The number of benzene rings is 1. The molecule has 0 atom stereocenters. The number of Topliss-reactive ketones (excluding diaryl/α,β-unsaturated/α-hetero) is 1. The van der Waals surface area contributed by atoms with Gasteiger partial charge in [-0.05, 0) is 12.1 Å². The molecule has 0 spiro atoms. The lowest BCUT2D eigenvalue weighted by Crippen LogP contribution is -2.42. The van der Waals surface area contributed by atoms with E-state index in [0.717, 1.165) is 6.54 Å². The third-order valence-electron chi connectivity index (χ3n) is 3.18. The fourth-order valence-corrected chi connectivity index (χ4v) is 2.07. The van der Waals surface area contributed by atoms with Crippen molar-refractivity contribution in [1.29, 1.82) is 0 Å². The maximum Gasteiger partial charge on any atom is 0.258 e. The number of hydrogen-bond acceptors (Lipinski definition) is 3. The summed E-state index contributed by atoms with van der Waals surface area (Å²) in [6.07, 6.45) is 2.16. The van der Waals surface area contributed by atoms with Crippen LogP contribution in [0.1, 0.15) is 23.7 Å². The molecule has 0 aromatic heterocycles. The summed E-state index contributed by atoms with van der Waals surface area (Å²) >= 11 is 0. The van der Waals surface area contributed by atoms with Crippen LogP contribution in [0, 0.1) is 0 Å². The van der Waals surface area contributed by atoms with Crippen molar-refractivity contribution in [2.24, 2.45) is 0 Å². The van der Waals surface area contributed by atoms with Crippen LogP contribution in [0.4, 0.5) is 0 Å². The first kappa shape index (κ1) is 13.3. The highest BCUT2D eigenvalue weighted by Gasteiger charge is 2.26. The summed E-state index contributed by atoms with van der Waals surface area (Å²) in [5, 5.41) is 0. The zero-order valence-electron chi connectivity index (χ0n) is 11.3. The molecule has 0 unspecified atom stereocenters. The number of amides is 1. The van der Waals surface area contributed by atoms with E-state index in [1.807, 2.05) is 37.1 Å². The molecule has 0 saturated carbocycles. The molecule has 0 fully saturated rings. The van der Waals surface area contributed by atoms with E-state index in [0.29, 0.717) is 24.2 Å². The Morgan fingerprint density at radius 3 is 2.47 bits per heavy atom. The van der Waals surface area contributed by atoms with E-state index in [4.69, 9.17) is 0 Å². The standard InChI is InChI=1S/C15H18N2O2/c1-3-14(18)13-11-16(2)9-10-17(13)15(19)12-7-5-4-6-8-12/h4-8,11H,3,9-10H2,1-2H3. The second kappa shape index (κ2) is 5.69. The second-order valence-corrected chi connectivity index (χ2v) is 4.59. The van der Waals surface area contributed by atoms with Gasteiger partial charge in [-0.3, -0.25) is 9.59 Å². The predicted octanol–water partition coefficient (Wildman–Crippen LogP) is 1.89. The lowest BCUT2D eigenvalue weighted by atomic mass is 10.1. The molecule has 0 radical (unpaired) electrons. The molecule has 2 rings (SSSR count). The van der Waals surface area contributed by atoms with Gasteiger partial charge in [-0.1, -0.05) is 25.1 Å². The molecule has 0 N–H and O–H groups in total. The average molecular weight is 258 g/mol. The molecule has 0 saturated heterocycles. The van der Waals surface area contributed by atoms with Gasteiger partial charge >= 0.3 is 0 Å². The Labute approximate surface area is 113 Å². The number of allylic oxidation sites excluding steroid dienone is 1. The van der Waals surface area contributed by atoms with E-state index in [9.17, 15) is 9.59 Å². The van der Waals surface area contributed by atoms with Gasteiger partial charge in [-0.2, -0.15) is 0 Å². The molecule has 1 aromatic carbocycles. The maximum atomic E-state index is 12.5. The van der Waals surface area contributed by atoms with Crippen LogP contribution in [0.2, 0.25) is 0 Å². The first-order valence-corrected chi connectivity index (χ1v) is 6.45. The smallest absolute Gasteiger partial charge is 0.258 e. The number of rotatable bonds is 3. The summed E-state index contributed by atoms with van der Waals surface area (Å²) in [5.74, 6) is -0.113. The summed E-state index contributed by atoms with van der Waals surface area (Å²) in [6, 6.07) is 9.07.